The number of nitrogens with zero attached hydrogens (tertiary/aromatic N) is 1. The molecule has 0 aromatic heterocycles. The van der Waals surface area contributed by atoms with E-state index in [0.29, 0.717) is 19.6 Å². The molecule has 6 nitrogen and oxygen atoms in total. The highest BCUT2D eigenvalue weighted by Crippen LogP contribution is 2.06. The van der Waals surface area contributed by atoms with Crippen LogP contribution in [0.5, 0.6) is 0 Å². The minimum absolute atomic E-state index is 0.00188. The number of nitrogens with one attached hydrogen (secondary N) is 2. The molecule has 0 saturated heterocycles. The van der Waals surface area contributed by atoms with Crippen LogP contribution in [0, 0.1) is 0 Å². The Labute approximate surface area is 122 Å². The molecule has 0 aliphatic carbocycles. The average Bonchev–Trinajstić information content (AvgIpc) is 2.33. The average molecular weight is 287 g/mol. The minimum atomic E-state index is -0.501. The Morgan fingerprint density at radius 1 is 1.20 bits per heavy atom. The number of hydrogen-bond acceptors (Lipinski definition) is 4. The molecule has 2 N–H and O–H groups in total. The third-order valence-electron chi connectivity index (χ3n) is 2.67. The van der Waals surface area contributed by atoms with Crippen LogP contribution in [0.4, 0.5) is 4.79 Å². The molecule has 0 aromatic carbocycles. The summed E-state index contributed by atoms with van der Waals surface area (Å²) in [6, 6.07) is 0.00188. The Balaban J connectivity index is 3.92. The lowest BCUT2D eigenvalue weighted by Crippen LogP contribution is -2.45. The third kappa shape index (κ3) is 8.74. The predicted molar refractivity (Wildman–Crippen MR) is 79.6 cm³/mol. The van der Waals surface area contributed by atoms with E-state index < -0.39 is 11.7 Å². The Bertz CT molecular complexity index is 309. The number of rotatable bonds is 7. The molecule has 0 aromatic rings. The van der Waals surface area contributed by atoms with Gasteiger partial charge in [-0.25, -0.2) is 4.79 Å². The summed E-state index contributed by atoms with van der Waals surface area (Å²) in [6.07, 6.45) is -0.443. The molecular weight excluding hydrogens is 258 g/mol. The fourth-order valence-corrected chi connectivity index (χ4v) is 1.57. The minimum Gasteiger partial charge on any atom is -0.444 e. The quantitative estimate of drug-likeness (QED) is 0.741. The first-order valence-electron chi connectivity index (χ1n) is 7.17. The zero-order chi connectivity index (χ0) is 15.8. The van der Waals surface area contributed by atoms with E-state index >= 15 is 0 Å². The molecule has 118 valence electrons. The van der Waals surface area contributed by atoms with E-state index in [4.69, 9.17) is 4.74 Å². The Hall–Kier alpha value is -1.30. The van der Waals surface area contributed by atoms with Crippen molar-refractivity contribution in [2.24, 2.45) is 0 Å². The van der Waals surface area contributed by atoms with Gasteiger partial charge in [-0.3, -0.25) is 4.79 Å². The van der Waals surface area contributed by atoms with E-state index in [0.717, 1.165) is 0 Å². The molecule has 0 spiro atoms. The molecule has 20 heavy (non-hydrogen) atoms. The summed E-state index contributed by atoms with van der Waals surface area (Å²) in [5.74, 6) is 0.0686. The van der Waals surface area contributed by atoms with Crippen LogP contribution in [-0.2, 0) is 9.53 Å². The van der Waals surface area contributed by atoms with Crippen LogP contribution in [0.15, 0.2) is 0 Å². The van der Waals surface area contributed by atoms with E-state index in [1.165, 1.54) is 0 Å². The molecule has 0 rings (SSSR count). The van der Waals surface area contributed by atoms with Crippen molar-refractivity contribution in [2.75, 3.05) is 26.2 Å². The highest BCUT2D eigenvalue weighted by atomic mass is 16.6. The predicted octanol–water partition coefficient (Wildman–Crippen LogP) is 1.36. The Kier molecular flexibility index (Phi) is 8.22. The lowest BCUT2D eigenvalue weighted by Gasteiger charge is -2.22. The lowest BCUT2D eigenvalue weighted by molar-refractivity contribution is -0.129. The van der Waals surface area contributed by atoms with E-state index in [9.17, 15) is 9.59 Å². The van der Waals surface area contributed by atoms with Gasteiger partial charge in [-0.15, -0.1) is 0 Å². The van der Waals surface area contributed by atoms with Crippen LogP contribution in [0.2, 0.25) is 0 Å². The first-order chi connectivity index (χ1) is 9.19. The zero-order valence-corrected chi connectivity index (χ0v) is 13.6. The standard InChI is InChI=1S/C14H29N3O3/c1-7-17(8-2)12(18)10-15-11(3)9-16-13(19)20-14(4,5)6/h11,15H,7-10H2,1-6H3,(H,16,19). The first kappa shape index (κ1) is 18.7. The maximum Gasteiger partial charge on any atom is 0.407 e. The fraction of sp³-hybridized carbons (Fsp3) is 0.857. The molecule has 6 heteroatoms. The SMILES string of the molecule is CCN(CC)C(=O)CNC(C)CNC(=O)OC(C)(C)C. The van der Waals surface area contributed by atoms with Crippen LogP contribution >= 0.6 is 0 Å². The molecule has 0 fully saturated rings. The maximum atomic E-state index is 11.8. The van der Waals surface area contributed by atoms with Crippen molar-refractivity contribution in [1.82, 2.24) is 15.5 Å². The van der Waals surface area contributed by atoms with Crippen molar-refractivity contribution in [2.45, 2.75) is 53.2 Å². The van der Waals surface area contributed by atoms with Crippen LogP contribution in [0.1, 0.15) is 41.5 Å². The summed E-state index contributed by atoms with van der Waals surface area (Å²) < 4.78 is 5.13. The molecule has 1 unspecified atom stereocenters. The monoisotopic (exact) mass is 287 g/mol. The Morgan fingerprint density at radius 3 is 2.20 bits per heavy atom. The van der Waals surface area contributed by atoms with Gasteiger partial charge in [0, 0.05) is 25.7 Å². The van der Waals surface area contributed by atoms with Crippen molar-refractivity contribution < 1.29 is 14.3 Å². The van der Waals surface area contributed by atoms with Gasteiger partial charge in [0.1, 0.15) is 5.60 Å². The molecule has 0 saturated carbocycles. The summed E-state index contributed by atoms with van der Waals surface area (Å²) in [5, 5.41) is 5.76. The topological polar surface area (TPSA) is 70.7 Å². The summed E-state index contributed by atoms with van der Waals surface area (Å²) in [5.41, 5.74) is -0.501. The number of ether oxygens (including phenoxy) is 1. The summed E-state index contributed by atoms with van der Waals surface area (Å²) in [6.45, 7) is 13.4. The van der Waals surface area contributed by atoms with Gasteiger partial charge in [-0.2, -0.15) is 0 Å². The number of carbonyl (C=O) groups is 2. The second kappa shape index (κ2) is 8.79. The van der Waals surface area contributed by atoms with E-state index in [1.54, 1.807) is 4.90 Å². The smallest absolute Gasteiger partial charge is 0.407 e. The normalized spacial score (nSPS) is 12.7. The Morgan fingerprint density at radius 2 is 1.75 bits per heavy atom. The molecule has 1 atom stereocenters. The summed E-state index contributed by atoms with van der Waals surface area (Å²) >= 11 is 0. The highest BCUT2D eigenvalue weighted by molar-refractivity contribution is 5.78. The van der Waals surface area contributed by atoms with Gasteiger partial charge in [0.05, 0.1) is 6.54 Å². The van der Waals surface area contributed by atoms with E-state index in [-0.39, 0.29) is 18.5 Å². The van der Waals surface area contributed by atoms with Gasteiger partial charge in [-0.1, -0.05) is 0 Å². The van der Waals surface area contributed by atoms with Crippen molar-refractivity contribution in [3.05, 3.63) is 0 Å². The summed E-state index contributed by atoms with van der Waals surface area (Å²) in [7, 11) is 0. The van der Waals surface area contributed by atoms with Crippen LogP contribution < -0.4 is 10.6 Å². The van der Waals surface area contributed by atoms with Crippen molar-refractivity contribution in [3.8, 4) is 0 Å². The molecule has 0 heterocycles. The molecule has 0 bridgehead atoms. The summed E-state index contributed by atoms with van der Waals surface area (Å²) in [4.78, 5) is 25.0. The molecule has 0 aliphatic heterocycles. The largest absolute Gasteiger partial charge is 0.444 e. The number of alkyl carbamates (subject to hydrolysis) is 1. The van der Waals surface area contributed by atoms with Gasteiger partial charge < -0.3 is 20.3 Å². The number of amides is 2. The van der Waals surface area contributed by atoms with E-state index in [2.05, 4.69) is 10.6 Å². The van der Waals surface area contributed by atoms with E-state index in [1.807, 2.05) is 41.5 Å². The third-order valence-corrected chi connectivity index (χ3v) is 2.67. The second-order valence-corrected chi connectivity index (χ2v) is 5.73. The number of hydrogen-bond donors (Lipinski definition) is 2. The fourth-order valence-electron chi connectivity index (χ4n) is 1.57. The van der Waals surface area contributed by atoms with Gasteiger partial charge in [0.25, 0.3) is 0 Å². The molecule has 2 amide bonds. The van der Waals surface area contributed by atoms with Gasteiger partial charge in [0.15, 0.2) is 0 Å². The molecule has 0 radical (unpaired) electrons. The zero-order valence-electron chi connectivity index (χ0n) is 13.6. The van der Waals surface area contributed by atoms with Gasteiger partial charge in [-0.05, 0) is 41.5 Å². The van der Waals surface area contributed by atoms with Gasteiger partial charge >= 0.3 is 6.09 Å². The lowest BCUT2D eigenvalue weighted by atomic mass is 10.2. The van der Waals surface area contributed by atoms with Crippen molar-refractivity contribution in [3.63, 3.8) is 0 Å². The van der Waals surface area contributed by atoms with Crippen molar-refractivity contribution >= 4 is 12.0 Å². The van der Waals surface area contributed by atoms with Crippen LogP contribution in [-0.4, -0.2) is 54.7 Å². The van der Waals surface area contributed by atoms with Gasteiger partial charge in [0.2, 0.25) is 5.91 Å². The molecular formula is C14H29N3O3. The number of likely N-dealkylation sites (N-methyl/N-ethyl adjacent to an activating group) is 1. The first-order valence-corrected chi connectivity index (χ1v) is 7.17. The number of carbonyl (C=O) groups excluding carboxylic acids is 2. The van der Waals surface area contributed by atoms with Crippen LogP contribution in [0.25, 0.3) is 0 Å². The van der Waals surface area contributed by atoms with Crippen molar-refractivity contribution in [1.29, 1.82) is 0 Å². The highest BCUT2D eigenvalue weighted by Gasteiger charge is 2.16. The maximum absolute atomic E-state index is 11.8. The second-order valence-electron chi connectivity index (χ2n) is 5.73. The molecule has 0 aliphatic rings. The van der Waals surface area contributed by atoms with Crippen LogP contribution in [0.3, 0.4) is 0 Å².